The molecule has 0 unspecified atom stereocenters. The van der Waals surface area contributed by atoms with Gasteiger partial charge < -0.3 is 14.6 Å². The molecule has 0 aliphatic heterocycles. The van der Waals surface area contributed by atoms with Gasteiger partial charge in [0.15, 0.2) is 5.69 Å². The Bertz CT molecular complexity index is 961. The number of carbonyl (C=O) groups is 2. The highest BCUT2D eigenvalue weighted by Crippen LogP contribution is 2.27. The maximum Gasteiger partial charge on any atom is 0.276 e. The third-order valence-corrected chi connectivity index (χ3v) is 5.01. The number of amides is 2. The van der Waals surface area contributed by atoms with Crippen molar-refractivity contribution in [3.8, 4) is 0 Å². The first-order valence-electron chi connectivity index (χ1n) is 9.79. The Morgan fingerprint density at radius 3 is 2.47 bits per heavy atom. The summed E-state index contributed by atoms with van der Waals surface area (Å²) in [4.78, 5) is 28.2. The van der Waals surface area contributed by atoms with Crippen molar-refractivity contribution in [1.29, 1.82) is 0 Å². The van der Waals surface area contributed by atoms with E-state index in [2.05, 4.69) is 21.8 Å². The average molecular weight is 427 g/mol. The predicted molar refractivity (Wildman–Crippen MR) is 115 cm³/mol. The highest BCUT2D eigenvalue weighted by atomic mass is 32.1. The lowest BCUT2D eigenvalue weighted by Gasteiger charge is -2.33. The van der Waals surface area contributed by atoms with Crippen molar-refractivity contribution in [3.05, 3.63) is 70.6 Å². The molecule has 0 aliphatic carbocycles. The van der Waals surface area contributed by atoms with Crippen LogP contribution in [0.5, 0.6) is 0 Å². The second-order valence-corrected chi connectivity index (χ2v) is 8.65. The number of benzene rings is 1. The monoisotopic (exact) mass is 426 g/mol. The van der Waals surface area contributed by atoms with Crippen LogP contribution >= 0.6 is 11.5 Å². The number of carbonyl (C=O) groups excluding carboxylic acids is 2. The van der Waals surface area contributed by atoms with Gasteiger partial charge in [-0.3, -0.25) is 9.59 Å². The number of nitrogens with zero attached hydrogens (tertiary/aromatic N) is 3. The SMILES string of the molecule is CCc1ccc([C@H](C(=O)NC(C)(C)C)N(Cc2ccco2)C(=O)c2csnn2)cc1. The average Bonchev–Trinajstić information content (AvgIpc) is 3.40. The van der Waals surface area contributed by atoms with Gasteiger partial charge in [0, 0.05) is 10.9 Å². The van der Waals surface area contributed by atoms with Crippen LogP contribution in [-0.4, -0.2) is 31.8 Å². The third kappa shape index (κ3) is 5.33. The highest BCUT2D eigenvalue weighted by Gasteiger charge is 2.35. The number of aryl methyl sites for hydroxylation is 1. The number of rotatable bonds is 7. The molecule has 30 heavy (non-hydrogen) atoms. The molecule has 2 amide bonds. The van der Waals surface area contributed by atoms with Crippen molar-refractivity contribution >= 4 is 23.3 Å². The summed E-state index contributed by atoms with van der Waals surface area (Å²) in [5.74, 6) is -0.0751. The number of hydrogen-bond donors (Lipinski definition) is 1. The van der Waals surface area contributed by atoms with Gasteiger partial charge in [-0.2, -0.15) is 0 Å². The first kappa shape index (κ1) is 21.7. The Labute approximate surface area is 180 Å². The summed E-state index contributed by atoms with van der Waals surface area (Å²) < 4.78 is 9.28. The molecule has 0 aliphatic rings. The van der Waals surface area contributed by atoms with Crippen molar-refractivity contribution in [2.24, 2.45) is 0 Å². The van der Waals surface area contributed by atoms with Gasteiger partial charge in [0.1, 0.15) is 11.8 Å². The summed E-state index contributed by atoms with van der Waals surface area (Å²) >= 11 is 1.09. The van der Waals surface area contributed by atoms with Crippen LogP contribution in [0.4, 0.5) is 0 Å². The molecule has 1 N–H and O–H groups in total. The molecule has 0 spiro atoms. The summed E-state index contributed by atoms with van der Waals surface area (Å²) in [7, 11) is 0. The van der Waals surface area contributed by atoms with E-state index in [1.165, 1.54) is 4.90 Å². The van der Waals surface area contributed by atoms with Gasteiger partial charge in [-0.1, -0.05) is 35.7 Å². The van der Waals surface area contributed by atoms with Crippen LogP contribution < -0.4 is 5.32 Å². The summed E-state index contributed by atoms with van der Waals surface area (Å²) in [6.45, 7) is 7.92. The molecule has 2 aromatic heterocycles. The van der Waals surface area contributed by atoms with Gasteiger partial charge in [-0.15, -0.1) is 5.10 Å². The lowest BCUT2D eigenvalue weighted by molar-refractivity contribution is -0.127. The van der Waals surface area contributed by atoms with Crippen molar-refractivity contribution in [1.82, 2.24) is 19.8 Å². The fourth-order valence-corrected chi connectivity index (χ4v) is 3.53. The second-order valence-electron chi connectivity index (χ2n) is 8.04. The van der Waals surface area contributed by atoms with E-state index < -0.39 is 11.6 Å². The van der Waals surface area contributed by atoms with Crippen molar-refractivity contribution in [3.63, 3.8) is 0 Å². The van der Waals surface area contributed by atoms with Crippen molar-refractivity contribution < 1.29 is 14.0 Å². The van der Waals surface area contributed by atoms with Gasteiger partial charge in [0.25, 0.3) is 5.91 Å². The lowest BCUT2D eigenvalue weighted by atomic mass is 9.99. The lowest BCUT2D eigenvalue weighted by Crippen LogP contribution is -2.49. The number of furan rings is 1. The maximum absolute atomic E-state index is 13.4. The first-order valence-corrected chi connectivity index (χ1v) is 10.6. The van der Waals surface area contributed by atoms with Gasteiger partial charge in [0.05, 0.1) is 12.8 Å². The number of aromatic nitrogens is 2. The smallest absolute Gasteiger partial charge is 0.276 e. The molecule has 3 aromatic rings. The molecule has 0 fully saturated rings. The maximum atomic E-state index is 13.4. The molecule has 0 saturated heterocycles. The zero-order valence-corrected chi connectivity index (χ0v) is 18.4. The van der Waals surface area contributed by atoms with Crippen LogP contribution in [-0.2, 0) is 17.8 Å². The van der Waals surface area contributed by atoms with E-state index in [9.17, 15) is 9.59 Å². The molecular formula is C22H26N4O3S. The van der Waals surface area contributed by atoms with Crippen molar-refractivity contribution in [2.45, 2.75) is 52.2 Å². The minimum Gasteiger partial charge on any atom is -0.467 e. The molecule has 0 radical (unpaired) electrons. The Kier molecular flexibility index (Phi) is 6.66. The first-order chi connectivity index (χ1) is 14.3. The molecule has 8 heteroatoms. The molecule has 1 aromatic carbocycles. The van der Waals surface area contributed by atoms with Crippen LogP contribution in [0.3, 0.4) is 0 Å². The molecule has 158 valence electrons. The molecule has 1 atom stereocenters. The van der Waals surface area contributed by atoms with E-state index in [4.69, 9.17) is 4.42 Å². The van der Waals surface area contributed by atoms with Gasteiger partial charge in [0.2, 0.25) is 5.91 Å². The normalized spacial score (nSPS) is 12.4. The molecule has 0 saturated carbocycles. The van der Waals surface area contributed by atoms with E-state index in [-0.39, 0.29) is 24.1 Å². The van der Waals surface area contributed by atoms with E-state index in [1.807, 2.05) is 45.0 Å². The molecule has 2 heterocycles. The number of hydrogen-bond acceptors (Lipinski definition) is 6. The Morgan fingerprint density at radius 2 is 1.93 bits per heavy atom. The molecular weight excluding hydrogens is 400 g/mol. The molecule has 3 rings (SSSR count). The third-order valence-electron chi connectivity index (χ3n) is 4.51. The van der Waals surface area contributed by atoms with Crippen LogP contribution in [0, 0.1) is 0 Å². The van der Waals surface area contributed by atoms with Crippen LogP contribution in [0.2, 0.25) is 0 Å². The Hall–Kier alpha value is -3.00. The summed E-state index contributed by atoms with van der Waals surface area (Å²) in [6, 6.07) is 10.4. The van der Waals surface area contributed by atoms with Gasteiger partial charge >= 0.3 is 0 Å². The van der Waals surface area contributed by atoms with Gasteiger partial charge in [-0.25, -0.2) is 0 Å². The number of nitrogens with one attached hydrogen (secondary N) is 1. The largest absolute Gasteiger partial charge is 0.467 e. The fraction of sp³-hybridized carbons (Fsp3) is 0.364. The van der Waals surface area contributed by atoms with Crippen LogP contribution in [0.25, 0.3) is 0 Å². The van der Waals surface area contributed by atoms with E-state index in [0.29, 0.717) is 5.76 Å². The van der Waals surface area contributed by atoms with E-state index in [0.717, 1.165) is 29.1 Å². The summed E-state index contributed by atoms with van der Waals surface area (Å²) in [5, 5.41) is 8.51. The quantitative estimate of drug-likeness (QED) is 0.617. The van der Waals surface area contributed by atoms with E-state index in [1.54, 1.807) is 23.8 Å². The predicted octanol–water partition coefficient (Wildman–Crippen LogP) is 3.99. The molecule has 7 nitrogen and oxygen atoms in total. The minimum atomic E-state index is -0.852. The zero-order valence-electron chi connectivity index (χ0n) is 17.6. The fourth-order valence-electron chi connectivity index (χ4n) is 3.10. The topological polar surface area (TPSA) is 88.3 Å². The highest BCUT2D eigenvalue weighted by molar-refractivity contribution is 7.03. The minimum absolute atomic E-state index is 0.126. The second kappa shape index (κ2) is 9.21. The van der Waals surface area contributed by atoms with E-state index >= 15 is 0 Å². The van der Waals surface area contributed by atoms with Crippen LogP contribution in [0.15, 0.2) is 52.5 Å². The Balaban J connectivity index is 2.06. The van der Waals surface area contributed by atoms with Gasteiger partial charge in [-0.05, 0) is 62.0 Å². The molecule has 0 bridgehead atoms. The standard InChI is InChI=1S/C22H26N4O3S/c1-5-15-8-10-16(11-9-15)19(20(27)23-22(2,3)4)26(13-17-7-6-12-29-17)21(28)18-14-30-25-24-18/h6-12,14,19H,5,13H2,1-4H3,(H,23,27)/t19-/m1/s1. The zero-order chi connectivity index (χ0) is 21.7. The Morgan fingerprint density at radius 1 is 1.20 bits per heavy atom. The van der Waals surface area contributed by atoms with Crippen LogP contribution in [0.1, 0.15) is 61.1 Å². The summed E-state index contributed by atoms with van der Waals surface area (Å²) in [6.07, 6.45) is 2.43. The summed E-state index contributed by atoms with van der Waals surface area (Å²) in [5.41, 5.74) is 1.61. The van der Waals surface area contributed by atoms with Crippen molar-refractivity contribution in [2.75, 3.05) is 0 Å².